The number of nitrogens with zero attached hydrogens (tertiary/aromatic N) is 6. The maximum atomic E-state index is 12.8. The van der Waals surface area contributed by atoms with Gasteiger partial charge < -0.3 is 5.32 Å². The topological polar surface area (TPSA) is 141 Å². The fourth-order valence-electron chi connectivity index (χ4n) is 4.46. The number of rotatable bonds is 5. The van der Waals surface area contributed by atoms with Gasteiger partial charge in [-0.2, -0.15) is 0 Å². The van der Waals surface area contributed by atoms with E-state index in [9.17, 15) is 13.2 Å². The average Bonchev–Trinajstić information content (AvgIpc) is 3.76. The number of aryl methyl sites for hydroxylation is 1. The summed E-state index contributed by atoms with van der Waals surface area (Å²) in [6.45, 7) is 0.140. The summed E-state index contributed by atoms with van der Waals surface area (Å²) in [6, 6.07) is 3.22. The highest BCUT2D eigenvalue weighted by molar-refractivity contribution is 7.91. The maximum Gasteiger partial charge on any atom is 0.253 e. The Hall–Kier alpha value is -3.86. The molecule has 0 unspecified atom stereocenters. The Morgan fingerprint density at radius 3 is 2.62 bits per heavy atom. The summed E-state index contributed by atoms with van der Waals surface area (Å²) in [5, 5.41) is 2.81. The number of amides is 1. The Morgan fingerprint density at radius 1 is 0.892 bits per heavy atom. The van der Waals surface area contributed by atoms with Crippen LogP contribution in [0.2, 0.25) is 0 Å². The van der Waals surface area contributed by atoms with Gasteiger partial charge in [0, 0.05) is 18.3 Å². The first kappa shape index (κ1) is 23.5. The first-order valence-electron chi connectivity index (χ1n) is 12.4. The quantitative estimate of drug-likeness (QED) is 0.424. The molecule has 0 radical (unpaired) electrons. The predicted molar refractivity (Wildman–Crippen MR) is 135 cm³/mol. The minimum atomic E-state index is -3.46. The second-order valence-electron chi connectivity index (χ2n) is 9.50. The molecule has 2 aliphatic rings. The maximum absolute atomic E-state index is 12.8. The Kier molecular flexibility index (Phi) is 6.07. The number of pyridine rings is 2. The molecule has 0 saturated heterocycles. The summed E-state index contributed by atoms with van der Waals surface area (Å²) in [5.74, 6) is 0.147. The molecular formula is C26H25N7O3S. The van der Waals surface area contributed by atoms with Gasteiger partial charge in [0.2, 0.25) is 0 Å². The molecule has 1 N–H and O–H groups in total. The van der Waals surface area contributed by atoms with E-state index in [0.717, 1.165) is 31.4 Å². The van der Waals surface area contributed by atoms with E-state index in [-0.39, 0.29) is 22.8 Å². The zero-order valence-electron chi connectivity index (χ0n) is 20.1. The zero-order chi connectivity index (χ0) is 25.4. The fourth-order valence-corrected chi connectivity index (χ4v) is 6.08. The molecule has 0 aromatic carbocycles. The van der Waals surface area contributed by atoms with Crippen molar-refractivity contribution in [2.75, 3.05) is 5.75 Å². The monoisotopic (exact) mass is 515 g/mol. The van der Waals surface area contributed by atoms with Gasteiger partial charge in [0.05, 0.1) is 63.9 Å². The number of nitrogens with one attached hydrogen (secondary N) is 1. The molecule has 0 atom stereocenters. The number of hydrogen-bond donors (Lipinski definition) is 1. The normalized spacial score (nSPS) is 17.0. The van der Waals surface area contributed by atoms with Gasteiger partial charge in [-0.15, -0.1) is 0 Å². The first-order chi connectivity index (χ1) is 18.0. The van der Waals surface area contributed by atoms with Crippen molar-refractivity contribution in [3.63, 3.8) is 0 Å². The van der Waals surface area contributed by atoms with Crippen LogP contribution in [0.25, 0.3) is 22.4 Å². The van der Waals surface area contributed by atoms with Crippen LogP contribution in [0.4, 0.5) is 0 Å². The van der Waals surface area contributed by atoms with Crippen LogP contribution < -0.4 is 5.32 Å². The third kappa shape index (κ3) is 5.04. The van der Waals surface area contributed by atoms with Gasteiger partial charge in [0.25, 0.3) is 5.91 Å². The summed E-state index contributed by atoms with van der Waals surface area (Å²) < 4.78 is 25.4. The molecule has 11 heteroatoms. The molecule has 5 heterocycles. The molecule has 0 bridgehead atoms. The lowest BCUT2D eigenvalue weighted by Crippen LogP contribution is -2.24. The molecule has 10 nitrogen and oxygen atoms in total. The highest BCUT2D eigenvalue weighted by Crippen LogP contribution is 2.39. The molecule has 1 fully saturated rings. The van der Waals surface area contributed by atoms with Crippen molar-refractivity contribution in [3.05, 3.63) is 65.8 Å². The molecule has 188 valence electrons. The minimum Gasteiger partial charge on any atom is -0.346 e. The van der Waals surface area contributed by atoms with Gasteiger partial charge >= 0.3 is 0 Å². The first-order valence-corrected chi connectivity index (χ1v) is 14.1. The van der Waals surface area contributed by atoms with E-state index >= 15 is 0 Å². The van der Waals surface area contributed by atoms with E-state index in [4.69, 9.17) is 9.97 Å². The molecule has 0 spiro atoms. The van der Waals surface area contributed by atoms with Crippen LogP contribution in [-0.4, -0.2) is 50.0 Å². The summed E-state index contributed by atoms with van der Waals surface area (Å²) in [6.07, 6.45) is 13.4. The standard InChI is InChI=1S/C26H25N7O3S/c34-26(17-8-25-19(29-10-17)4-2-1-3-7-37(25,35)36)31-11-18-9-20-22(14-28-18)30-15-24(32-20)23-13-27-12-21(33-23)16-5-6-16/h8-10,12-16H,1-7,11H2,(H,31,34). The molecule has 4 aromatic heterocycles. The van der Waals surface area contributed by atoms with Crippen LogP contribution in [0.5, 0.6) is 0 Å². The summed E-state index contributed by atoms with van der Waals surface area (Å²) >= 11 is 0. The summed E-state index contributed by atoms with van der Waals surface area (Å²) in [4.78, 5) is 39.9. The lowest BCUT2D eigenvalue weighted by Gasteiger charge is -2.14. The Labute approximate surface area is 214 Å². The fraction of sp³-hybridized carbons (Fsp3) is 0.346. The van der Waals surface area contributed by atoms with Crippen LogP contribution in [0.15, 0.2) is 48.0 Å². The number of fused-ring (bicyclic) bond motifs is 2. The molecule has 1 aliphatic carbocycles. The van der Waals surface area contributed by atoms with Crippen LogP contribution in [0.1, 0.15) is 65.5 Å². The number of aromatic nitrogens is 6. The van der Waals surface area contributed by atoms with Crippen molar-refractivity contribution in [2.45, 2.75) is 55.9 Å². The highest BCUT2D eigenvalue weighted by atomic mass is 32.2. The van der Waals surface area contributed by atoms with Crippen molar-refractivity contribution in [1.29, 1.82) is 0 Å². The number of sulfone groups is 1. The van der Waals surface area contributed by atoms with E-state index in [1.807, 2.05) is 0 Å². The van der Waals surface area contributed by atoms with Crippen molar-refractivity contribution in [2.24, 2.45) is 0 Å². The van der Waals surface area contributed by atoms with Gasteiger partial charge in [-0.1, -0.05) is 6.42 Å². The van der Waals surface area contributed by atoms with Crippen LogP contribution in [-0.2, 0) is 22.8 Å². The van der Waals surface area contributed by atoms with Crippen molar-refractivity contribution >= 4 is 26.8 Å². The molecule has 4 aromatic rings. The lowest BCUT2D eigenvalue weighted by molar-refractivity contribution is 0.0949. The van der Waals surface area contributed by atoms with Crippen molar-refractivity contribution < 1.29 is 13.2 Å². The van der Waals surface area contributed by atoms with Gasteiger partial charge in [-0.25, -0.2) is 18.4 Å². The molecule has 1 amide bonds. The molecule has 1 aliphatic heterocycles. The molecular weight excluding hydrogens is 490 g/mol. The lowest BCUT2D eigenvalue weighted by atomic mass is 10.1. The zero-order valence-corrected chi connectivity index (χ0v) is 20.9. The van der Waals surface area contributed by atoms with Gasteiger partial charge in [-0.05, 0) is 44.2 Å². The van der Waals surface area contributed by atoms with Crippen LogP contribution in [0, 0.1) is 0 Å². The van der Waals surface area contributed by atoms with Gasteiger partial charge in [0.15, 0.2) is 9.84 Å². The van der Waals surface area contributed by atoms with E-state index in [2.05, 4.69) is 25.3 Å². The second-order valence-corrected chi connectivity index (χ2v) is 11.6. The van der Waals surface area contributed by atoms with Crippen molar-refractivity contribution in [3.8, 4) is 11.4 Å². The van der Waals surface area contributed by atoms with Crippen LogP contribution >= 0.6 is 0 Å². The van der Waals surface area contributed by atoms with E-state index in [1.165, 1.54) is 12.3 Å². The number of carbonyl (C=O) groups excluding carboxylic acids is 1. The SMILES string of the molecule is O=C(NCc1cc2nc(-c3cncc(C4CC4)n3)cnc2cn1)c1cnc2c(c1)S(=O)(=O)CCCCC2. The van der Waals surface area contributed by atoms with E-state index < -0.39 is 15.7 Å². The molecule has 37 heavy (non-hydrogen) atoms. The minimum absolute atomic E-state index is 0.0766. The third-order valence-corrected chi connectivity index (χ3v) is 8.53. The number of carbonyl (C=O) groups is 1. The Bertz CT molecular complexity index is 1620. The van der Waals surface area contributed by atoms with Crippen molar-refractivity contribution in [1.82, 2.24) is 35.2 Å². The Morgan fingerprint density at radius 2 is 1.76 bits per heavy atom. The molecule has 1 saturated carbocycles. The third-order valence-electron chi connectivity index (χ3n) is 6.68. The van der Waals surface area contributed by atoms with Crippen LogP contribution in [0.3, 0.4) is 0 Å². The smallest absolute Gasteiger partial charge is 0.253 e. The average molecular weight is 516 g/mol. The molecule has 6 rings (SSSR count). The number of hydrogen-bond acceptors (Lipinski definition) is 9. The van der Waals surface area contributed by atoms with E-state index in [0.29, 0.717) is 52.6 Å². The predicted octanol–water partition coefficient (Wildman–Crippen LogP) is 3.18. The Balaban J connectivity index is 1.20. The highest BCUT2D eigenvalue weighted by Gasteiger charge is 2.26. The van der Waals surface area contributed by atoms with E-state index in [1.54, 1.807) is 30.9 Å². The second kappa shape index (κ2) is 9.55. The summed E-state index contributed by atoms with van der Waals surface area (Å²) in [7, 11) is -3.46. The largest absolute Gasteiger partial charge is 0.346 e. The van der Waals surface area contributed by atoms with Gasteiger partial charge in [-0.3, -0.25) is 24.7 Å². The van der Waals surface area contributed by atoms with Gasteiger partial charge in [0.1, 0.15) is 16.9 Å². The summed E-state index contributed by atoms with van der Waals surface area (Å²) in [5.41, 5.74) is 4.87.